The normalized spacial score (nSPS) is 10.3. The Morgan fingerprint density at radius 2 is 2.20 bits per heavy atom. The van der Waals surface area contributed by atoms with Crippen LogP contribution in [0.1, 0.15) is 22.5 Å². The molecule has 0 fully saturated rings. The maximum absolute atomic E-state index is 13.8. The SMILES string of the molecule is COCCCNc1ccc(F)cc1-n1cc(C#N)c(N)c1C(=O)OC. The minimum absolute atomic E-state index is 0.0102. The molecular formula is C17H19FN4O3. The van der Waals surface area contributed by atoms with Crippen LogP contribution in [-0.4, -0.2) is 37.9 Å². The average molecular weight is 346 g/mol. The predicted octanol–water partition coefficient (Wildman–Crippen LogP) is 2.31. The molecule has 0 saturated carbocycles. The Kier molecular flexibility index (Phi) is 5.98. The summed E-state index contributed by atoms with van der Waals surface area (Å²) in [6, 6.07) is 6.03. The van der Waals surface area contributed by atoms with Gasteiger partial charge in [-0.15, -0.1) is 0 Å². The topological polar surface area (TPSA) is 102 Å². The van der Waals surface area contributed by atoms with Gasteiger partial charge in [0.25, 0.3) is 0 Å². The summed E-state index contributed by atoms with van der Waals surface area (Å²) >= 11 is 0. The van der Waals surface area contributed by atoms with E-state index in [1.165, 1.54) is 30.0 Å². The molecule has 0 aliphatic carbocycles. The van der Waals surface area contributed by atoms with E-state index in [1.54, 1.807) is 13.2 Å². The van der Waals surface area contributed by atoms with Crippen molar-refractivity contribution in [2.24, 2.45) is 0 Å². The van der Waals surface area contributed by atoms with Crippen molar-refractivity contribution in [3.8, 4) is 11.8 Å². The average Bonchev–Trinajstić information content (AvgIpc) is 2.95. The lowest BCUT2D eigenvalue weighted by atomic mass is 10.2. The number of carbonyl (C=O) groups excluding carboxylic acids is 1. The summed E-state index contributed by atoms with van der Waals surface area (Å²) in [5.41, 5.74) is 6.89. The Hall–Kier alpha value is -3.05. The van der Waals surface area contributed by atoms with Gasteiger partial charge in [-0.05, 0) is 24.6 Å². The largest absolute Gasteiger partial charge is 0.464 e. The lowest BCUT2D eigenvalue weighted by molar-refractivity contribution is 0.0593. The number of hydrogen-bond donors (Lipinski definition) is 2. The Balaban J connectivity index is 2.52. The molecule has 0 saturated heterocycles. The van der Waals surface area contributed by atoms with E-state index in [0.29, 0.717) is 24.5 Å². The van der Waals surface area contributed by atoms with Crippen molar-refractivity contribution < 1.29 is 18.7 Å². The Bertz CT molecular complexity index is 811. The molecule has 0 radical (unpaired) electrons. The van der Waals surface area contributed by atoms with Crippen LogP contribution in [0.25, 0.3) is 5.69 Å². The van der Waals surface area contributed by atoms with Gasteiger partial charge < -0.3 is 25.1 Å². The fourth-order valence-electron chi connectivity index (χ4n) is 2.40. The molecule has 0 amide bonds. The molecule has 0 atom stereocenters. The number of ether oxygens (including phenoxy) is 2. The van der Waals surface area contributed by atoms with E-state index >= 15 is 0 Å². The van der Waals surface area contributed by atoms with Crippen LogP contribution < -0.4 is 11.1 Å². The minimum atomic E-state index is -0.714. The number of benzene rings is 1. The van der Waals surface area contributed by atoms with Crippen molar-refractivity contribution in [1.82, 2.24) is 4.57 Å². The number of nitrogens with zero attached hydrogens (tertiary/aromatic N) is 2. The molecule has 2 rings (SSSR count). The van der Waals surface area contributed by atoms with E-state index in [-0.39, 0.29) is 16.9 Å². The Morgan fingerprint density at radius 1 is 1.44 bits per heavy atom. The maximum Gasteiger partial charge on any atom is 0.357 e. The molecule has 1 aromatic heterocycles. The van der Waals surface area contributed by atoms with Crippen LogP contribution in [0.4, 0.5) is 15.8 Å². The van der Waals surface area contributed by atoms with E-state index in [9.17, 15) is 14.4 Å². The van der Waals surface area contributed by atoms with Gasteiger partial charge in [0.05, 0.1) is 29.7 Å². The number of halogens is 1. The zero-order valence-corrected chi connectivity index (χ0v) is 14.0. The second-order valence-corrected chi connectivity index (χ2v) is 5.21. The summed E-state index contributed by atoms with van der Waals surface area (Å²) in [4.78, 5) is 12.1. The number of nitrogens with one attached hydrogen (secondary N) is 1. The standard InChI is InChI=1S/C17H19FN4O3/c1-24-7-3-6-21-13-5-4-12(18)8-14(13)22-10-11(9-19)15(20)16(22)17(23)25-2/h4-5,8,10,21H,3,6-7,20H2,1-2H3. The van der Waals surface area contributed by atoms with Crippen LogP contribution in [-0.2, 0) is 9.47 Å². The zero-order chi connectivity index (χ0) is 18.4. The number of nitriles is 1. The molecule has 1 heterocycles. The van der Waals surface area contributed by atoms with Crippen LogP contribution in [0.2, 0.25) is 0 Å². The van der Waals surface area contributed by atoms with E-state index < -0.39 is 11.8 Å². The van der Waals surface area contributed by atoms with Gasteiger partial charge in [-0.2, -0.15) is 5.26 Å². The van der Waals surface area contributed by atoms with Gasteiger partial charge in [-0.1, -0.05) is 0 Å². The first-order valence-electron chi connectivity index (χ1n) is 7.55. The highest BCUT2D eigenvalue weighted by atomic mass is 19.1. The molecule has 25 heavy (non-hydrogen) atoms. The molecule has 0 aliphatic rings. The molecule has 0 unspecified atom stereocenters. The summed E-state index contributed by atoms with van der Waals surface area (Å²) in [5, 5.41) is 12.3. The first-order chi connectivity index (χ1) is 12.0. The first-order valence-corrected chi connectivity index (χ1v) is 7.55. The molecule has 2 aromatic rings. The van der Waals surface area contributed by atoms with Crippen molar-refractivity contribution >= 4 is 17.3 Å². The van der Waals surface area contributed by atoms with Crippen LogP contribution in [0.5, 0.6) is 0 Å². The fraction of sp³-hybridized carbons (Fsp3) is 0.294. The second-order valence-electron chi connectivity index (χ2n) is 5.21. The lowest BCUT2D eigenvalue weighted by Crippen LogP contribution is -2.13. The number of carbonyl (C=O) groups is 1. The summed E-state index contributed by atoms with van der Waals surface area (Å²) in [6.45, 7) is 1.16. The highest BCUT2D eigenvalue weighted by Crippen LogP contribution is 2.29. The number of nitrogens with two attached hydrogens (primary N) is 1. The van der Waals surface area contributed by atoms with Crippen LogP contribution in [0.15, 0.2) is 24.4 Å². The van der Waals surface area contributed by atoms with Gasteiger partial charge in [0.1, 0.15) is 11.9 Å². The highest BCUT2D eigenvalue weighted by Gasteiger charge is 2.23. The third kappa shape index (κ3) is 3.89. The summed E-state index contributed by atoms with van der Waals surface area (Å²) in [7, 11) is 2.82. The lowest BCUT2D eigenvalue weighted by Gasteiger charge is -2.15. The van der Waals surface area contributed by atoms with Gasteiger partial charge in [0.2, 0.25) is 0 Å². The molecule has 3 N–H and O–H groups in total. The number of rotatable bonds is 7. The number of methoxy groups -OCH3 is 2. The first kappa shape index (κ1) is 18.3. The predicted molar refractivity (Wildman–Crippen MR) is 91.2 cm³/mol. The van der Waals surface area contributed by atoms with Gasteiger partial charge >= 0.3 is 5.97 Å². The van der Waals surface area contributed by atoms with E-state index in [1.807, 2.05) is 6.07 Å². The second kappa shape index (κ2) is 8.17. The molecule has 0 aliphatic heterocycles. The van der Waals surface area contributed by atoms with E-state index in [0.717, 1.165) is 6.42 Å². The number of hydrogen-bond acceptors (Lipinski definition) is 6. The molecule has 0 spiro atoms. The molecule has 8 heteroatoms. The van der Waals surface area contributed by atoms with Crippen LogP contribution >= 0.6 is 0 Å². The van der Waals surface area contributed by atoms with E-state index in [4.69, 9.17) is 15.2 Å². The summed E-state index contributed by atoms with van der Waals surface area (Å²) in [6.07, 6.45) is 2.13. The number of anilines is 2. The van der Waals surface area contributed by atoms with Crippen molar-refractivity contribution in [3.05, 3.63) is 41.5 Å². The number of aromatic nitrogens is 1. The number of esters is 1. The smallest absolute Gasteiger partial charge is 0.357 e. The highest BCUT2D eigenvalue weighted by molar-refractivity contribution is 5.96. The van der Waals surface area contributed by atoms with Gasteiger partial charge in [0, 0.05) is 26.5 Å². The third-order valence-corrected chi connectivity index (χ3v) is 3.60. The summed E-state index contributed by atoms with van der Waals surface area (Å²) < 4.78 is 24.9. The van der Waals surface area contributed by atoms with Gasteiger partial charge in [-0.25, -0.2) is 9.18 Å². The number of nitrogen functional groups attached to an aromatic ring is 1. The minimum Gasteiger partial charge on any atom is -0.464 e. The maximum atomic E-state index is 13.8. The molecule has 1 aromatic carbocycles. The van der Waals surface area contributed by atoms with Gasteiger partial charge in [-0.3, -0.25) is 0 Å². The Labute approximate surface area is 144 Å². The summed E-state index contributed by atoms with van der Waals surface area (Å²) in [5.74, 6) is -1.20. The van der Waals surface area contributed by atoms with Crippen molar-refractivity contribution in [3.63, 3.8) is 0 Å². The monoisotopic (exact) mass is 346 g/mol. The van der Waals surface area contributed by atoms with Crippen molar-refractivity contribution in [1.29, 1.82) is 5.26 Å². The molecular weight excluding hydrogens is 327 g/mol. The molecule has 7 nitrogen and oxygen atoms in total. The third-order valence-electron chi connectivity index (χ3n) is 3.60. The van der Waals surface area contributed by atoms with Crippen molar-refractivity contribution in [2.45, 2.75) is 6.42 Å². The molecule has 0 bridgehead atoms. The quantitative estimate of drug-likeness (QED) is 0.589. The fourth-order valence-corrected chi connectivity index (χ4v) is 2.40. The van der Waals surface area contributed by atoms with Gasteiger partial charge in [0.15, 0.2) is 5.69 Å². The zero-order valence-electron chi connectivity index (χ0n) is 14.0. The Morgan fingerprint density at radius 3 is 2.84 bits per heavy atom. The van der Waals surface area contributed by atoms with Crippen LogP contribution in [0, 0.1) is 17.1 Å². The molecule has 132 valence electrons. The van der Waals surface area contributed by atoms with E-state index in [2.05, 4.69) is 5.32 Å². The van der Waals surface area contributed by atoms with Crippen LogP contribution in [0.3, 0.4) is 0 Å². The van der Waals surface area contributed by atoms with Crippen molar-refractivity contribution in [2.75, 3.05) is 38.4 Å².